The Labute approximate surface area is 445 Å². The van der Waals surface area contributed by atoms with E-state index in [9.17, 15) is 0 Å². The SMILES string of the molecule is CCc1ccc2[cH-]c(C(C)CC)cc2c1-c1cc(C(C)C)cc(C(C)C)c1.CCc1ccc2[cH-]c(C(C)CC)cc2c1-c1cc(C(C)C)cc(C(C)C)c1.[Cl][Zr][Cl].[c-]1cccc2c1[Si]c1ccccc1-2. The standard InChI is InChI=1S/2C27H35.C12H7Si.2ClH.Zr/c2*1-8-19(7)24-12-21-11-10-20(9-2)27(26(21)16-24)25-14-22(17(3)4)13-23(15-25)18(5)6;1-3-7-11-9(5-1)10-6-2-4-8-12(10)13-11;;;/h2*10-19H,8-9H2,1-7H3;1-7H;2*1H;/q3*-1;;;+2/p-2. The van der Waals surface area contributed by atoms with Crippen molar-refractivity contribution < 1.29 is 20.8 Å². The third-order valence-electron chi connectivity index (χ3n) is 14.7. The normalized spacial score (nSPS) is 12.6. The number of benzene rings is 6. The fourth-order valence-electron chi connectivity index (χ4n) is 9.71. The van der Waals surface area contributed by atoms with E-state index in [1.165, 1.54) is 123 Å². The monoisotopic (exact) mass is 1060 g/mol. The molecular formula is C66H77Cl2SiZr-3. The summed E-state index contributed by atoms with van der Waals surface area (Å²) >= 11 is -0.826. The number of fused-ring (bicyclic) bond motifs is 5. The zero-order valence-corrected chi connectivity index (χ0v) is 49.6. The quantitative estimate of drug-likeness (QED) is 0.0845. The molecule has 1 aliphatic heterocycles. The third-order valence-corrected chi connectivity index (χ3v) is 16.0. The van der Waals surface area contributed by atoms with Crippen LogP contribution >= 0.6 is 17.0 Å². The van der Waals surface area contributed by atoms with Gasteiger partial charge in [-0.05, 0) is 81.7 Å². The molecular weight excluding hydrogens is 983 g/mol. The predicted octanol–water partition coefficient (Wildman–Crippen LogP) is 19.6. The van der Waals surface area contributed by atoms with Crippen molar-refractivity contribution in [3.8, 4) is 33.4 Å². The van der Waals surface area contributed by atoms with Crippen LogP contribution in [0.15, 0.2) is 127 Å². The van der Waals surface area contributed by atoms with Gasteiger partial charge in [0.05, 0.1) is 9.52 Å². The van der Waals surface area contributed by atoms with Gasteiger partial charge in [0.25, 0.3) is 0 Å². The van der Waals surface area contributed by atoms with Crippen molar-refractivity contribution in [2.45, 2.75) is 158 Å². The van der Waals surface area contributed by atoms with Gasteiger partial charge in [-0.2, -0.15) is 41.6 Å². The number of halogens is 2. The molecule has 1 heterocycles. The average molecular weight is 1060 g/mol. The van der Waals surface area contributed by atoms with Gasteiger partial charge >= 0.3 is 37.9 Å². The van der Waals surface area contributed by atoms with Crippen molar-refractivity contribution in [1.82, 2.24) is 0 Å². The molecule has 1 aliphatic rings. The Morgan fingerprint density at radius 3 is 1.29 bits per heavy atom. The molecule has 70 heavy (non-hydrogen) atoms. The Hall–Kier alpha value is -3.78. The molecule has 8 aromatic carbocycles. The summed E-state index contributed by atoms with van der Waals surface area (Å²) in [6.45, 7) is 32.2. The van der Waals surface area contributed by atoms with E-state index in [-0.39, 0.29) is 0 Å². The van der Waals surface area contributed by atoms with Crippen LogP contribution in [0.1, 0.15) is 190 Å². The van der Waals surface area contributed by atoms with E-state index >= 15 is 0 Å². The molecule has 2 atom stereocenters. The Morgan fingerprint density at radius 1 is 0.500 bits per heavy atom. The van der Waals surface area contributed by atoms with E-state index in [1.807, 2.05) is 6.07 Å². The van der Waals surface area contributed by atoms with Gasteiger partial charge in [-0.15, -0.1) is 74.6 Å². The van der Waals surface area contributed by atoms with Crippen LogP contribution in [0.2, 0.25) is 0 Å². The van der Waals surface area contributed by atoms with Crippen molar-refractivity contribution in [3.05, 3.63) is 178 Å². The Kier molecular flexibility index (Phi) is 20.4. The fourth-order valence-corrected chi connectivity index (χ4v) is 11.0. The largest absolute Gasteiger partial charge is 0.184 e. The molecule has 0 saturated carbocycles. The van der Waals surface area contributed by atoms with Gasteiger partial charge in [0.2, 0.25) is 0 Å². The Bertz CT molecular complexity index is 2710. The number of hydrogen-bond donors (Lipinski definition) is 0. The Balaban J connectivity index is 0.000000176. The molecule has 2 unspecified atom stereocenters. The summed E-state index contributed by atoms with van der Waals surface area (Å²) in [4.78, 5) is 0. The van der Waals surface area contributed by atoms with Crippen molar-refractivity contribution in [1.29, 1.82) is 0 Å². The summed E-state index contributed by atoms with van der Waals surface area (Å²) in [5.74, 6) is 3.40. The molecule has 2 radical (unpaired) electrons. The summed E-state index contributed by atoms with van der Waals surface area (Å²) in [7, 11) is 10.7. The van der Waals surface area contributed by atoms with Crippen LogP contribution in [0.4, 0.5) is 0 Å². The van der Waals surface area contributed by atoms with Gasteiger partial charge in [-0.25, -0.2) is 0 Å². The Morgan fingerprint density at radius 2 is 0.900 bits per heavy atom. The molecule has 0 N–H and O–H groups in total. The molecule has 4 heteroatoms. The zero-order chi connectivity index (χ0) is 50.8. The van der Waals surface area contributed by atoms with E-state index in [4.69, 9.17) is 17.0 Å². The first kappa shape index (κ1) is 55.5. The van der Waals surface area contributed by atoms with Crippen LogP contribution in [0, 0.1) is 6.07 Å². The van der Waals surface area contributed by atoms with Crippen LogP contribution in [-0.4, -0.2) is 9.52 Å². The molecule has 0 spiro atoms. The van der Waals surface area contributed by atoms with Crippen LogP contribution in [0.25, 0.3) is 54.9 Å². The second-order valence-corrected chi connectivity index (χ2v) is 25.7. The maximum absolute atomic E-state index is 4.93. The topological polar surface area (TPSA) is 0 Å². The van der Waals surface area contributed by atoms with Gasteiger partial charge in [0.15, 0.2) is 0 Å². The van der Waals surface area contributed by atoms with Crippen LogP contribution in [-0.2, 0) is 33.7 Å². The van der Waals surface area contributed by atoms with Crippen molar-refractivity contribution in [3.63, 3.8) is 0 Å². The molecule has 0 aliphatic carbocycles. The van der Waals surface area contributed by atoms with Crippen LogP contribution < -0.4 is 10.4 Å². The minimum absolute atomic E-state index is 0.544. The maximum Gasteiger partial charge on any atom is 0.0920 e. The van der Waals surface area contributed by atoms with Crippen LogP contribution in [0.3, 0.4) is 0 Å². The molecule has 0 aromatic heterocycles. The molecule has 0 nitrogen and oxygen atoms in total. The predicted molar refractivity (Wildman–Crippen MR) is 310 cm³/mol. The van der Waals surface area contributed by atoms with Gasteiger partial charge < -0.3 is 0 Å². The van der Waals surface area contributed by atoms with Gasteiger partial charge in [-0.3, -0.25) is 0 Å². The second-order valence-electron chi connectivity index (χ2n) is 20.7. The van der Waals surface area contributed by atoms with Gasteiger partial charge in [0.1, 0.15) is 0 Å². The van der Waals surface area contributed by atoms with Crippen molar-refractivity contribution in [2.75, 3.05) is 0 Å². The van der Waals surface area contributed by atoms with E-state index in [0.29, 0.717) is 35.5 Å². The van der Waals surface area contributed by atoms with Gasteiger partial charge in [0, 0.05) is 0 Å². The third kappa shape index (κ3) is 13.1. The average Bonchev–Trinajstić information content (AvgIpc) is 4.11. The zero-order valence-electron chi connectivity index (χ0n) is 44.7. The molecule has 366 valence electrons. The smallest absolute Gasteiger partial charge is 0.0920 e. The molecule has 8 aromatic rings. The summed E-state index contributed by atoms with van der Waals surface area (Å²) in [5.41, 5.74) is 20.1. The van der Waals surface area contributed by atoms with E-state index < -0.39 is 20.8 Å². The number of aryl methyl sites for hydroxylation is 2. The van der Waals surface area contributed by atoms with E-state index in [1.54, 1.807) is 0 Å². The molecule has 9 rings (SSSR count). The minimum Gasteiger partial charge on any atom is -0.184 e. The second kappa shape index (κ2) is 25.7. The van der Waals surface area contributed by atoms with Gasteiger partial charge in [-0.1, -0.05) is 203 Å². The summed E-state index contributed by atoms with van der Waals surface area (Å²) in [5, 5.41) is 8.46. The van der Waals surface area contributed by atoms with Crippen molar-refractivity contribution in [2.24, 2.45) is 0 Å². The van der Waals surface area contributed by atoms with E-state index in [2.05, 4.69) is 224 Å². The summed E-state index contributed by atoms with van der Waals surface area (Å²) in [6.07, 6.45) is 4.51. The molecule has 0 fully saturated rings. The number of rotatable bonds is 12. The maximum atomic E-state index is 4.93. The first-order chi connectivity index (χ1) is 33.6. The molecule has 0 bridgehead atoms. The summed E-state index contributed by atoms with van der Waals surface area (Å²) in [6, 6.07) is 51.7. The minimum atomic E-state index is -0.826. The number of hydrogen-bond acceptors (Lipinski definition) is 0. The molecule has 0 amide bonds. The fraction of sp³-hybridized carbons (Fsp3) is 0.364. The molecule has 0 saturated heterocycles. The van der Waals surface area contributed by atoms with Crippen molar-refractivity contribution >= 4 is 58.5 Å². The van der Waals surface area contributed by atoms with E-state index in [0.717, 1.165) is 22.4 Å². The first-order valence-electron chi connectivity index (χ1n) is 26.2. The first-order valence-corrected chi connectivity index (χ1v) is 33.5. The van der Waals surface area contributed by atoms with Crippen LogP contribution in [0.5, 0.6) is 0 Å². The summed E-state index contributed by atoms with van der Waals surface area (Å²) < 4.78 is 0.